The highest BCUT2D eigenvalue weighted by Crippen LogP contribution is 2.19. The molecular weight excluding hydrogens is 220 g/mol. The van der Waals surface area contributed by atoms with Gasteiger partial charge in [0.1, 0.15) is 0 Å². The zero-order valence-electron chi connectivity index (χ0n) is 12.1. The molecule has 18 heavy (non-hydrogen) atoms. The average molecular weight is 248 g/mol. The number of hydrogen-bond donors (Lipinski definition) is 1. The monoisotopic (exact) mass is 248 g/mol. The maximum Gasteiger partial charge on any atom is 0.0366 e. The maximum atomic E-state index is 5.90. The molecule has 2 N–H and O–H groups in total. The van der Waals surface area contributed by atoms with E-state index in [1.165, 1.54) is 18.5 Å². The predicted octanol–water partition coefficient (Wildman–Crippen LogP) is 3.52. The zero-order chi connectivity index (χ0) is 13.4. The van der Waals surface area contributed by atoms with Crippen molar-refractivity contribution in [2.45, 2.75) is 33.6 Å². The Hall–Kier alpha value is -1.02. The van der Waals surface area contributed by atoms with Gasteiger partial charge < -0.3 is 10.6 Å². The van der Waals surface area contributed by atoms with Crippen molar-refractivity contribution in [3.63, 3.8) is 0 Å². The Morgan fingerprint density at radius 3 is 2.33 bits per heavy atom. The van der Waals surface area contributed by atoms with Gasteiger partial charge in [-0.15, -0.1) is 0 Å². The number of para-hydroxylation sites is 1. The molecule has 0 fully saturated rings. The van der Waals surface area contributed by atoms with Crippen LogP contribution in [0.1, 0.15) is 33.6 Å². The molecule has 1 rings (SSSR count). The van der Waals surface area contributed by atoms with Crippen LogP contribution >= 0.6 is 0 Å². The van der Waals surface area contributed by atoms with E-state index in [9.17, 15) is 0 Å². The summed E-state index contributed by atoms with van der Waals surface area (Å²) in [6.45, 7) is 9.74. The summed E-state index contributed by atoms with van der Waals surface area (Å²) in [6.07, 6.45) is 2.47. The third-order valence-corrected chi connectivity index (χ3v) is 3.60. The van der Waals surface area contributed by atoms with Gasteiger partial charge in [-0.25, -0.2) is 0 Å². The van der Waals surface area contributed by atoms with E-state index in [0.717, 1.165) is 19.6 Å². The minimum Gasteiger partial charge on any atom is -0.371 e. The summed E-state index contributed by atoms with van der Waals surface area (Å²) in [6, 6.07) is 10.7. The van der Waals surface area contributed by atoms with Gasteiger partial charge in [0.25, 0.3) is 0 Å². The van der Waals surface area contributed by atoms with Crippen LogP contribution in [0.2, 0.25) is 0 Å². The van der Waals surface area contributed by atoms with Gasteiger partial charge in [0.2, 0.25) is 0 Å². The van der Waals surface area contributed by atoms with Crippen molar-refractivity contribution in [1.29, 1.82) is 0 Å². The molecular formula is C16H28N2. The van der Waals surface area contributed by atoms with Gasteiger partial charge in [0.15, 0.2) is 0 Å². The van der Waals surface area contributed by atoms with Crippen LogP contribution in [0.4, 0.5) is 5.69 Å². The molecule has 102 valence electrons. The first kappa shape index (κ1) is 15.0. The molecule has 0 spiro atoms. The van der Waals surface area contributed by atoms with E-state index < -0.39 is 0 Å². The molecule has 0 radical (unpaired) electrons. The van der Waals surface area contributed by atoms with Crippen molar-refractivity contribution in [3.05, 3.63) is 30.3 Å². The third-order valence-electron chi connectivity index (χ3n) is 3.60. The minimum atomic E-state index is 0.571. The Bertz CT molecular complexity index is 308. The summed E-state index contributed by atoms with van der Waals surface area (Å²) < 4.78 is 0. The molecule has 2 nitrogen and oxygen atoms in total. The highest BCUT2D eigenvalue weighted by molar-refractivity contribution is 5.45. The Morgan fingerprint density at radius 2 is 1.83 bits per heavy atom. The quantitative estimate of drug-likeness (QED) is 0.762. The molecule has 0 aliphatic rings. The molecule has 0 bridgehead atoms. The molecule has 0 amide bonds. The summed E-state index contributed by atoms with van der Waals surface area (Å²) in [5.41, 5.74) is 7.23. The molecule has 1 unspecified atom stereocenters. The smallest absolute Gasteiger partial charge is 0.0366 e. The van der Waals surface area contributed by atoms with Crippen LogP contribution in [-0.4, -0.2) is 19.6 Å². The van der Waals surface area contributed by atoms with Crippen molar-refractivity contribution in [3.8, 4) is 0 Å². The summed E-state index contributed by atoms with van der Waals surface area (Å²) in [5, 5.41) is 0. The SMILES string of the molecule is CCCCN(CC(CN)C(C)C)c1ccccc1. The van der Waals surface area contributed by atoms with Crippen LogP contribution < -0.4 is 10.6 Å². The lowest BCUT2D eigenvalue weighted by Crippen LogP contribution is -2.36. The van der Waals surface area contributed by atoms with Gasteiger partial charge in [0, 0.05) is 18.8 Å². The Morgan fingerprint density at radius 1 is 1.17 bits per heavy atom. The molecule has 0 heterocycles. The first-order valence-electron chi connectivity index (χ1n) is 7.19. The third kappa shape index (κ3) is 4.69. The zero-order valence-corrected chi connectivity index (χ0v) is 12.1. The second-order valence-corrected chi connectivity index (χ2v) is 5.37. The van der Waals surface area contributed by atoms with E-state index in [4.69, 9.17) is 5.73 Å². The maximum absolute atomic E-state index is 5.90. The number of hydrogen-bond acceptors (Lipinski definition) is 2. The first-order chi connectivity index (χ1) is 8.69. The second kappa shape index (κ2) is 8.15. The molecule has 1 atom stereocenters. The van der Waals surface area contributed by atoms with Crippen molar-refractivity contribution in [2.75, 3.05) is 24.5 Å². The number of benzene rings is 1. The van der Waals surface area contributed by atoms with E-state index in [1.807, 2.05) is 0 Å². The summed E-state index contributed by atoms with van der Waals surface area (Å²) in [4.78, 5) is 2.49. The van der Waals surface area contributed by atoms with Crippen LogP contribution in [0.3, 0.4) is 0 Å². The topological polar surface area (TPSA) is 29.3 Å². The molecule has 0 saturated heterocycles. The highest BCUT2D eigenvalue weighted by Gasteiger charge is 2.16. The Kier molecular flexibility index (Phi) is 6.81. The second-order valence-electron chi connectivity index (χ2n) is 5.37. The molecule has 0 saturated carbocycles. The number of unbranched alkanes of at least 4 members (excludes halogenated alkanes) is 1. The molecule has 0 aliphatic carbocycles. The van der Waals surface area contributed by atoms with E-state index in [2.05, 4.69) is 56.0 Å². The number of nitrogens with zero attached hydrogens (tertiary/aromatic N) is 1. The number of rotatable bonds is 8. The van der Waals surface area contributed by atoms with Crippen LogP contribution in [-0.2, 0) is 0 Å². The van der Waals surface area contributed by atoms with E-state index in [1.54, 1.807) is 0 Å². The van der Waals surface area contributed by atoms with E-state index in [-0.39, 0.29) is 0 Å². The summed E-state index contributed by atoms with van der Waals surface area (Å²) in [5.74, 6) is 1.21. The van der Waals surface area contributed by atoms with Crippen LogP contribution in [0.25, 0.3) is 0 Å². The first-order valence-corrected chi connectivity index (χ1v) is 7.19. The van der Waals surface area contributed by atoms with Gasteiger partial charge in [-0.2, -0.15) is 0 Å². The lowest BCUT2D eigenvalue weighted by atomic mass is 9.95. The lowest BCUT2D eigenvalue weighted by molar-refractivity contribution is 0.391. The molecule has 1 aromatic rings. The van der Waals surface area contributed by atoms with Crippen LogP contribution in [0, 0.1) is 11.8 Å². The summed E-state index contributed by atoms with van der Waals surface area (Å²) in [7, 11) is 0. The number of anilines is 1. The summed E-state index contributed by atoms with van der Waals surface area (Å²) >= 11 is 0. The van der Waals surface area contributed by atoms with Gasteiger partial charge in [-0.1, -0.05) is 45.4 Å². The Balaban J connectivity index is 2.72. The fourth-order valence-corrected chi connectivity index (χ4v) is 2.15. The number of nitrogens with two attached hydrogens (primary N) is 1. The van der Waals surface area contributed by atoms with Crippen molar-refractivity contribution >= 4 is 5.69 Å². The Labute approximate surface area is 112 Å². The predicted molar refractivity (Wildman–Crippen MR) is 80.9 cm³/mol. The highest BCUT2D eigenvalue weighted by atomic mass is 15.1. The molecule has 0 aromatic heterocycles. The fourth-order valence-electron chi connectivity index (χ4n) is 2.15. The van der Waals surface area contributed by atoms with Crippen molar-refractivity contribution in [2.24, 2.45) is 17.6 Å². The van der Waals surface area contributed by atoms with E-state index >= 15 is 0 Å². The normalized spacial score (nSPS) is 12.7. The average Bonchev–Trinajstić information content (AvgIpc) is 2.39. The van der Waals surface area contributed by atoms with Gasteiger partial charge >= 0.3 is 0 Å². The van der Waals surface area contributed by atoms with Crippen molar-refractivity contribution < 1.29 is 0 Å². The molecule has 0 aliphatic heterocycles. The van der Waals surface area contributed by atoms with E-state index in [0.29, 0.717) is 11.8 Å². The largest absolute Gasteiger partial charge is 0.371 e. The van der Waals surface area contributed by atoms with Gasteiger partial charge in [0.05, 0.1) is 0 Å². The van der Waals surface area contributed by atoms with Gasteiger partial charge in [-0.3, -0.25) is 0 Å². The molecule has 1 aromatic carbocycles. The van der Waals surface area contributed by atoms with Crippen LogP contribution in [0.5, 0.6) is 0 Å². The van der Waals surface area contributed by atoms with Gasteiger partial charge in [-0.05, 0) is 36.9 Å². The minimum absolute atomic E-state index is 0.571. The van der Waals surface area contributed by atoms with Crippen LogP contribution in [0.15, 0.2) is 30.3 Å². The lowest BCUT2D eigenvalue weighted by Gasteiger charge is -2.30. The molecule has 2 heteroatoms. The standard InChI is InChI=1S/C16H28N2/c1-4-5-11-18(13-15(12-17)14(2)3)16-9-7-6-8-10-16/h6-10,14-15H,4-5,11-13,17H2,1-3H3. The fraction of sp³-hybridized carbons (Fsp3) is 0.625. The van der Waals surface area contributed by atoms with Crippen molar-refractivity contribution in [1.82, 2.24) is 0 Å².